The van der Waals surface area contributed by atoms with E-state index < -0.39 is 0 Å². The lowest BCUT2D eigenvalue weighted by atomic mass is 10.3. The van der Waals surface area contributed by atoms with Gasteiger partial charge in [0.2, 0.25) is 0 Å². The largest absolute Gasteiger partial charge is 0.399 e. The van der Waals surface area contributed by atoms with Crippen LogP contribution < -0.4 is 16.2 Å². The van der Waals surface area contributed by atoms with E-state index >= 15 is 0 Å². The van der Waals surface area contributed by atoms with E-state index in [2.05, 4.69) is 5.43 Å². The van der Waals surface area contributed by atoms with E-state index in [1.165, 1.54) is 0 Å². The fourth-order valence-corrected chi connectivity index (χ4v) is 1.22. The molecule has 0 aromatic heterocycles. The van der Waals surface area contributed by atoms with Crippen molar-refractivity contribution in [3.63, 3.8) is 0 Å². The van der Waals surface area contributed by atoms with Crippen molar-refractivity contribution >= 4 is 11.4 Å². The lowest BCUT2D eigenvalue weighted by Crippen LogP contribution is -2.39. The first-order valence-corrected chi connectivity index (χ1v) is 4.75. The molecule has 4 nitrogen and oxygen atoms in total. The van der Waals surface area contributed by atoms with E-state index in [0.29, 0.717) is 6.54 Å². The Morgan fingerprint density at radius 3 is 2.50 bits per heavy atom. The number of anilines is 2. The second-order valence-corrected chi connectivity index (χ2v) is 2.97. The molecule has 0 fully saturated rings. The molecule has 0 amide bonds. The van der Waals surface area contributed by atoms with Crippen LogP contribution in [0, 0.1) is 0 Å². The smallest absolute Gasteiger partial charge is 0.0574 e. The minimum Gasteiger partial charge on any atom is -0.399 e. The number of nitrogens with one attached hydrogen (secondary N) is 1. The topological polar surface area (TPSA) is 61.5 Å². The van der Waals surface area contributed by atoms with Gasteiger partial charge in [0.05, 0.1) is 12.3 Å². The number of aliphatic hydroxyl groups is 1. The van der Waals surface area contributed by atoms with Gasteiger partial charge in [-0.05, 0) is 31.2 Å². The van der Waals surface area contributed by atoms with Crippen LogP contribution in [0.25, 0.3) is 0 Å². The SMILES string of the molecule is CCN(NCCO)c1ccc(N)cc1. The molecule has 0 saturated carbocycles. The number of hydrazine groups is 1. The highest BCUT2D eigenvalue weighted by Crippen LogP contribution is 2.13. The summed E-state index contributed by atoms with van der Waals surface area (Å²) in [6.45, 7) is 3.56. The van der Waals surface area contributed by atoms with Crippen LogP contribution in [0.4, 0.5) is 11.4 Å². The van der Waals surface area contributed by atoms with Crippen molar-refractivity contribution in [3.8, 4) is 0 Å². The molecular weight excluding hydrogens is 178 g/mol. The van der Waals surface area contributed by atoms with E-state index in [9.17, 15) is 0 Å². The van der Waals surface area contributed by atoms with Crippen LogP contribution in [0.5, 0.6) is 0 Å². The first kappa shape index (κ1) is 10.8. The zero-order valence-corrected chi connectivity index (χ0v) is 8.40. The van der Waals surface area contributed by atoms with Crippen LogP contribution in [-0.4, -0.2) is 24.8 Å². The standard InChI is InChI=1S/C10H17N3O/c1-2-13(12-7-8-14)10-5-3-9(11)4-6-10/h3-6,12,14H,2,7-8,11H2,1H3. The maximum absolute atomic E-state index is 8.69. The van der Waals surface area contributed by atoms with E-state index in [1.54, 1.807) is 0 Å². The molecule has 0 heterocycles. The van der Waals surface area contributed by atoms with E-state index in [-0.39, 0.29) is 6.61 Å². The summed E-state index contributed by atoms with van der Waals surface area (Å²) in [5, 5.41) is 10.7. The highest BCUT2D eigenvalue weighted by Gasteiger charge is 2.01. The minimum absolute atomic E-state index is 0.130. The van der Waals surface area contributed by atoms with E-state index in [1.807, 2.05) is 36.2 Å². The predicted octanol–water partition coefficient (Wildman–Crippen LogP) is 0.592. The van der Waals surface area contributed by atoms with Gasteiger partial charge in [-0.1, -0.05) is 0 Å². The highest BCUT2D eigenvalue weighted by molar-refractivity contribution is 5.52. The number of nitrogen functional groups attached to an aromatic ring is 1. The Labute approximate surface area is 84.3 Å². The Hall–Kier alpha value is -1.26. The normalized spacial score (nSPS) is 10.1. The van der Waals surface area contributed by atoms with Gasteiger partial charge in [0.1, 0.15) is 0 Å². The molecule has 1 aromatic carbocycles. The molecule has 14 heavy (non-hydrogen) atoms. The lowest BCUT2D eigenvalue weighted by Gasteiger charge is -2.23. The highest BCUT2D eigenvalue weighted by atomic mass is 16.3. The van der Waals surface area contributed by atoms with Crippen molar-refractivity contribution in [1.29, 1.82) is 0 Å². The zero-order chi connectivity index (χ0) is 10.4. The molecule has 0 aliphatic carbocycles. The second-order valence-electron chi connectivity index (χ2n) is 2.97. The molecule has 78 valence electrons. The molecule has 0 aliphatic heterocycles. The number of benzene rings is 1. The number of rotatable bonds is 5. The number of nitrogens with two attached hydrogens (primary N) is 1. The Kier molecular flexibility index (Phi) is 4.22. The van der Waals surface area contributed by atoms with Crippen LogP contribution in [0.3, 0.4) is 0 Å². The van der Waals surface area contributed by atoms with Crippen molar-refractivity contribution in [2.24, 2.45) is 0 Å². The summed E-state index contributed by atoms with van der Waals surface area (Å²) in [5.74, 6) is 0. The third-order valence-electron chi connectivity index (χ3n) is 1.94. The number of hydrogen-bond acceptors (Lipinski definition) is 4. The van der Waals surface area contributed by atoms with Gasteiger partial charge in [0, 0.05) is 18.8 Å². The van der Waals surface area contributed by atoms with Crippen LogP contribution in [0.2, 0.25) is 0 Å². The summed E-state index contributed by atoms with van der Waals surface area (Å²) in [6.07, 6.45) is 0. The van der Waals surface area contributed by atoms with Crippen molar-refractivity contribution in [2.75, 3.05) is 30.4 Å². The van der Waals surface area contributed by atoms with Gasteiger partial charge in [-0.3, -0.25) is 0 Å². The average Bonchev–Trinajstić information content (AvgIpc) is 2.21. The summed E-state index contributed by atoms with van der Waals surface area (Å²) in [6, 6.07) is 7.61. The van der Waals surface area contributed by atoms with E-state index in [0.717, 1.165) is 17.9 Å². The van der Waals surface area contributed by atoms with Crippen LogP contribution in [0.1, 0.15) is 6.92 Å². The van der Waals surface area contributed by atoms with Crippen LogP contribution in [-0.2, 0) is 0 Å². The average molecular weight is 195 g/mol. The third-order valence-corrected chi connectivity index (χ3v) is 1.94. The Morgan fingerprint density at radius 2 is 2.00 bits per heavy atom. The molecule has 0 aliphatic rings. The molecule has 1 aromatic rings. The maximum atomic E-state index is 8.69. The fourth-order valence-electron chi connectivity index (χ4n) is 1.22. The molecule has 0 saturated heterocycles. The number of hydrogen-bond donors (Lipinski definition) is 3. The summed E-state index contributed by atoms with van der Waals surface area (Å²) in [7, 11) is 0. The molecule has 0 bridgehead atoms. The Bertz CT molecular complexity index is 261. The summed E-state index contributed by atoms with van der Waals surface area (Å²) >= 11 is 0. The molecule has 0 spiro atoms. The molecule has 0 radical (unpaired) electrons. The minimum atomic E-state index is 0.130. The fraction of sp³-hybridized carbons (Fsp3) is 0.400. The summed E-state index contributed by atoms with van der Waals surface area (Å²) in [5.41, 5.74) is 10.5. The summed E-state index contributed by atoms with van der Waals surface area (Å²) < 4.78 is 0. The number of nitrogens with zero attached hydrogens (tertiary/aromatic N) is 1. The van der Waals surface area contributed by atoms with Gasteiger partial charge < -0.3 is 15.8 Å². The van der Waals surface area contributed by atoms with Crippen molar-refractivity contribution in [1.82, 2.24) is 5.43 Å². The van der Waals surface area contributed by atoms with Crippen LogP contribution in [0.15, 0.2) is 24.3 Å². The predicted molar refractivity (Wildman–Crippen MR) is 59.0 cm³/mol. The van der Waals surface area contributed by atoms with Gasteiger partial charge >= 0.3 is 0 Å². The van der Waals surface area contributed by atoms with Gasteiger partial charge in [0.25, 0.3) is 0 Å². The summed E-state index contributed by atoms with van der Waals surface area (Å²) in [4.78, 5) is 0. The third kappa shape index (κ3) is 2.90. The first-order valence-electron chi connectivity index (χ1n) is 4.75. The quantitative estimate of drug-likeness (QED) is 0.475. The zero-order valence-electron chi connectivity index (χ0n) is 8.40. The van der Waals surface area contributed by atoms with Gasteiger partial charge in [-0.15, -0.1) is 0 Å². The Balaban J connectivity index is 2.64. The Morgan fingerprint density at radius 1 is 1.36 bits per heavy atom. The monoisotopic (exact) mass is 195 g/mol. The van der Waals surface area contributed by atoms with Gasteiger partial charge in [0.15, 0.2) is 0 Å². The van der Waals surface area contributed by atoms with Gasteiger partial charge in [-0.2, -0.15) is 0 Å². The van der Waals surface area contributed by atoms with Crippen molar-refractivity contribution in [2.45, 2.75) is 6.92 Å². The molecule has 4 heteroatoms. The van der Waals surface area contributed by atoms with Crippen LogP contribution >= 0.6 is 0 Å². The second kappa shape index (κ2) is 5.47. The molecule has 4 N–H and O–H groups in total. The van der Waals surface area contributed by atoms with Gasteiger partial charge in [-0.25, -0.2) is 5.43 Å². The first-order chi connectivity index (χ1) is 6.77. The van der Waals surface area contributed by atoms with E-state index in [4.69, 9.17) is 10.8 Å². The number of aliphatic hydroxyl groups excluding tert-OH is 1. The molecule has 0 unspecified atom stereocenters. The maximum Gasteiger partial charge on any atom is 0.0574 e. The van der Waals surface area contributed by atoms with Crippen molar-refractivity contribution < 1.29 is 5.11 Å². The van der Waals surface area contributed by atoms with Crippen molar-refractivity contribution in [3.05, 3.63) is 24.3 Å². The molecule has 0 atom stereocenters. The molecular formula is C10H17N3O. The molecule has 1 rings (SSSR count). The lowest BCUT2D eigenvalue weighted by molar-refractivity contribution is 0.290.